The van der Waals surface area contributed by atoms with Crippen LogP contribution in [0, 0.1) is 6.92 Å². The van der Waals surface area contributed by atoms with Gasteiger partial charge in [0.25, 0.3) is 0 Å². The zero-order chi connectivity index (χ0) is 11.1. The monoisotopic (exact) mass is 220 g/mol. The summed E-state index contributed by atoms with van der Waals surface area (Å²) in [6.07, 6.45) is 2.44. The Balaban J connectivity index is 2.34. The van der Waals surface area contributed by atoms with Crippen LogP contribution in [0.5, 0.6) is 0 Å². The van der Waals surface area contributed by atoms with Gasteiger partial charge >= 0.3 is 0 Å². The van der Waals surface area contributed by atoms with Crippen LogP contribution in [0.3, 0.4) is 0 Å². The Hall–Kier alpha value is -1.09. The molecule has 0 spiro atoms. The highest BCUT2D eigenvalue weighted by Gasteiger charge is 2.37. The molecule has 0 saturated heterocycles. The molecule has 0 unspecified atom stereocenters. The lowest BCUT2D eigenvalue weighted by Gasteiger charge is -2.17. The van der Waals surface area contributed by atoms with E-state index in [4.69, 9.17) is 18.0 Å². The standard InChI is InChI=1S/C12H16N2S/c1-8-3-4-9(11(13)15)10(7-8)14-12(2)5-6-12/h3-4,7,14H,5-6H2,1-2H3,(H2,13,15). The lowest BCUT2D eigenvalue weighted by molar-refractivity contribution is 0.829. The number of benzene rings is 1. The average Bonchev–Trinajstić information content (AvgIpc) is 2.82. The summed E-state index contributed by atoms with van der Waals surface area (Å²) < 4.78 is 0. The van der Waals surface area contributed by atoms with Crippen LogP contribution >= 0.6 is 12.2 Å². The van der Waals surface area contributed by atoms with Gasteiger partial charge in [0.1, 0.15) is 4.99 Å². The van der Waals surface area contributed by atoms with Crippen LogP contribution in [0.2, 0.25) is 0 Å². The molecule has 2 rings (SSSR count). The van der Waals surface area contributed by atoms with Crippen molar-refractivity contribution in [3.05, 3.63) is 29.3 Å². The van der Waals surface area contributed by atoms with Gasteiger partial charge in [-0.25, -0.2) is 0 Å². The van der Waals surface area contributed by atoms with Crippen molar-refractivity contribution < 1.29 is 0 Å². The van der Waals surface area contributed by atoms with Gasteiger partial charge in [0.05, 0.1) is 0 Å². The van der Waals surface area contributed by atoms with Gasteiger partial charge in [0.15, 0.2) is 0 Å². The number of thiocarbonyl (C=S) groups is 1. The number of hydrogen-bond acceptors (Lipinski definition) is 2. The fourth-order valence-corrected chi connectivity index (χ4v) is 1.79. The molecule has 1 aliphatic rings. The molecule has 0 atom stereocenters. The van der Waals surface area contributed by atoms with Crippen molar-refractivity contribution in [2.45, 2.75) is 32.2 Å². The first kappa shape index (κ1) is 10.4. The number of aryl methyl sites for hydroxylation is 1. The topological polar surface area (TPSA) is 38.0 Å². The van der Waals surface area contributed by atoms with Crippen LogP contribution < -0.4 is 11.1 Å². The Bertz CT molecular complexity index is 408. The summed E-state index contributed by atoms with van der Waals surface area (Å²) in [5.74, 6) is 0. The van der Waals surface area contributed by atoms with Crippen molar-refractivity contribution in [1.82, 2.24) is 0 Å². The number of hydrogen-bond donors (Lipinski definition) is 2. The van der Waals surface area contributed by atoms with Crippen molar-refractivity contribution in [3.8, 4) is 0 Å². The van der Waals surface area contributed by atoms with E-state index >= 15 is 0 Å². The van der Waals surface area contributed by atoms with E-state index in [2.05, 4.69) is 25.2 Å². The molecule has 1 aromatic carbocycles. The lowest BCUT2D eigenvalue weighted by atomic mass is 10.1. The van der Waals surface area contributed by atoms with Gasteiger partial charge in [-0.05, 0) is 44.4 Å². The molecule has 0 radical (unpaired) electrons. The first-order chi connectivity index (χ1) is 7.00. The van der Waals surface area contributed by atoms with Crippen LogP contribution in [0.1, 0.15) is 30.9 Å². The molecule has 80 valence electrons. The van der Waals surface area contributed by atoms with Gasteiger partial charge in [-0.3, -0.25) is 0 Å². The maximum atomic E-state index is 5.70. The molecule has 3 N–H and O–H groups in total. The predicted octanol–water partition coefficient (Wildman–Crippen LogP) is 2.59. The molecule has 3 heteroatoms. The van der Waals surface area contributed by atoms with Gasteiger partial charge in [-0.1, -0.05) is 18.3 Å². The molecule has 0 aromatic heterocycles. The molecular formula is C12H16N2S. The summed E-state index contributed by atoms with van der Waals surface area (Å²) >= 11 is 5.04. The van der Waals surface area contributed by atoms with Gasteiger partial charge in [0.2, 0.25) is 0 Å². The summed E-state index contributed by atoms with van der Waals surface area (Å²) in [6.45, 7) is 4.29. The van der Waals surface area contributed by atoms with E-state index in [1.807, 2.05) is 12.1 Å². The van der Waals surface area contributed by atoms with E-state index in [1.54, 1.807) is 0 Å². The van der Waals surface area contributed by atoms with Crippen LogP contribution in [0.4, 0.5) is 5.69 Å². The molecule has 0 bridgehead atoms. The molecule has 15 heavy (non-hydrogen) atoms. The summed E-state index contributed by atoms with van der Waals surface area (Å²) in [4.78, 5) is 0.460. The number of nitrogens with one attached hydrogen (secondary N) is 1. The van der Waals surface area contributed by atoms with E-state index in [9.17, 15) is 0 Å². The Labute approximate surface area is 95.9 Å². The zero-order valence-corrected chi connectivity index (χ0v) is 9.95. The smallest absolute Gasteiger partial charge is 0.106 e. The third-order valence-electron chi connectivity index (χ3n) is 2.88. The van der Waals surface area contributed by atoms with Gasteiger partial charge in [0, 0.05) is 16.8 Å². The molecule has 1 fully saturated rings. The maximum Gasteiger partial charge on any atom is 0.106 e. The predicted molar refractivity (Wildman–Crippen MR) is 68.3 cm³/mol. The molecule has 1 saturated carbocycles. The molecule has 0 amide bonds. The number of rotatable bonds is 3. The van der Waals surface area contributed by atoms with Crippen molar-refractivity contribution in [3.63, 3.8) is 0 Å². The fourth-order valence-electron chi connectivity index (χ4n) is 1.61. The quantitative estimate of drug-likeness (QED) is 0.769. The first-order valence-corrected chi connectivity index (χ1v) is 5.60. The molecule has 2 nitrogen and oxygen atoms in total. The fraction of sp³-hybridized carbons (Fsp3) is 0.417. The van der Waals surface area contributed by atoms with Crippen LogP contribution in [0.15, 0.2) is 18.2 Å². The molecule has 1 aromatic rings. The Kier molecular flexibility index (Phi) is 2.43. The average molecular weight is 220 g/mol. The van der Waals surface area contributed by atoms with Crippen LogP contribution in [0.25, 0.3) is 0 Å². The van der Waals surface area contributed by atoms with Crippen LogP contribution in [-0.4, -0.2) is 10.5 Å². The SMILES string of the molecule is Cc1ccc(C(N)=S)c(NC2(C)CC2)c1. The van der Waals surface area contributed by atoms with E-state index in [0.717, 1.165) is 11.3 Å². The second kappa shape index (κ2) is 3.49. The summed E-state index contributed by atoms with van der Waals surface area (Å²) in [5, 5.41) is 3.52. The van der Waals surface area contributed by atoms with Crippen molar-refractivity contribution in [2.24, 2.45) is 5.73 Å². The minimum absolute atomic E-state index is 0.257. The highest BCUT2D eigenvalue weighted by molar-refractivity contribution is 7.80. The lowest BCUT2D eigenvalue weighted by Crippen LogP contribution is -2.20. The maximum absolute atomic E-state index is 5.70. The minimum Gasteiger partial charge on any atom is -0.389 e. The molecular weight excluding hydrogens is 204 g/mol. The second-order valence-corrected chi connectivity index (χ2v) is 5.04. The van der Waals surface area contributed by atoms with Gasteiger partial charge < -0.3 is 11.1 Å². The summed E-state index contributed by atoms with van der Waals surface area (Å²) in [7, 11) is 0. The Morgan fingerprint density at radius 1 is 1.47 bits per heavy atom. The molecule has 0 aliphatic heterocycles. The van der Waals surface area contributed by atoms with E-state index < -0.39 is 0 Å². The van der Waals surface area contributed by atoms with Crippen LogP contribution in [-0.2, 0) is 0 Å². The molecule has 1 aliphatic carbocycles. The highest BCUT2D eigenvalue weighted by atomic mass is 32.1. The van der Waals surface area contributed by atoms with E-state index in [-0.39, 0.29) is 5.54 Å². The third-order valence-corrected chi connectivity index (χ3v) is 3.10. The normalized spacial score (nSPS) is 17.2. The number of anilines is 1. The van der Waals surface area contributed by atoms with E-state index in [0.29, 0.717) is 4.99 Å². The first-order valence-electron chi connectivity index (χ1n) is 5.19. The van der Waals surface area contributed by atoms with Crippen molar-refractivity contribution in [2.75, 3.05) is 5.32 Å². The second-order valence-electron chi connectivity index (χ2n) is 4.60. The van der Waals surface area contributed by atoms with Gasteiger partial charge in [-0.2, -0.15) is 0 Å². The zero-order valence-electron chi connectivity index (χ0n) is 9.13. The summed E-state index contributed by atoms with van der Waals surface area (Å²) in [5.41, 5.74) is 9.20. The summed E-state index contributed by atoms with van der Waals surface area (Å²) in [6, 6.07) is 6.14. The highest BCUT2D eigenvalue weighted by Crippen LogP contribution is 2.39. The minimum atomic E-state index is 0.257. The Morgan fingerprint density at radius 2 is 2.13 bits per heavy atom. The molecule has 0 heterocycles. The third kappa shape index (κ3) is 2.29. The van der Waals surface area contributed by atoms with Crippen molar-refractivity contribution >= 4 is 22.9 Å². The largest absolute Gasteiger partial charge is 0.389 e. The van der Waals surface area contributed by atoms with E-state index in [1.165, 1.54) is 18.4 Å². The van der Waals surface area contributed by atoms with Crippen molar-refractivity contribution in [1.29, 1.82) is 0 Å². The van der Waals surface area contributed by atoms with Gasteiger partial charge in [-0.15, -0.1) is 0 Å². The number of nitrogens with two attached hydrogens (primary N) is 1. The Morgan fingerprint density at radius 3 is 2.67 bits per heavy atom.